The van der Waals surface area contributed by atoms with Gasteiger partial charge in [0.2, 0.25) is 0 Å². The van der Waals surface area contributed by atoms with Crippen molar-refractivity contribution in [1.82, 2.24) is 0 Å². The fraction of sp³-hybridized carbons (Fsp3) is 0.0213. The van der Waals surface area contributed by atoms with Crippen molar-refractivity contribution in [1.29, 1.82) is 0 Å². The van der Waals surface area contributed by atoms with Crippen LogP contribution in [0.4, 0.5) is 0 Å². The normalized spacial score (nSPS) is 13.3. The van der Waals surface area contributed by atoms with Crippen molar-refractivity contribution in [3.8, 4) is 22.3 Å². The van der Waals surface area contributed by atoms with E-state index in [-0.39, 0.29) is 0 Å². The second kappa shape index (κ2) is 10.0. The highest BCUT2D eigenvalue weighted by Crippen LogP contribution is 2.58. The number of hydrogen-bond acceptors (Lipinski definition) is 0. The standard InChI is InChI=1S/C47H30/c1-3-13-34(14-4-1)47(35-15-5-2-6-16-35)45-22-12-11-21-42(45)43-28-25-33-29-31(23-26-36(33)46(43)47)32-24-27-41-39-19-8-7-17-37(39)38-18-9-10-20-40(38)44(41)30-32/h1-30H. The van der Waals surface area contributed by atoms with Gasteiger partial charge in [0.15, 0.2) is 0 Å². The summed E-state index contributed by atoms with van der Waals surface area (Å²) in [6.07, 6.45) is 0. The van der Waals surface area contributed by atoms with Gasteiger partial charge in [-0.25, -0.2) is 0 Å². The predicted octanol–water partition coefficient (Wildman–Crippen LogP) is 12.3. The summed E-state index contributed by atoms with van der Waals surface area (Å²) in [7, 11) is 0. The summed E-state index contributed by atoms with van der Waals surface area (Å²) >= 11 is 0. The fourth-order valence-electron chi connectivity index (χ4n) is 8.55. The van der Waals surface area contributed by atoms with E-state index >= 15 is 0 Å². The van der Waals surface area contributed by atoms with Crippen LogP contribution in [0.25, 0.3) is 65.3 Å². The van der Waals surface area contributed by atoms with E-state index in [0.717, 1.165) is 0 Å². The van der Waals surface area contributed by atoms with E-state index in [1.807, 2.05) is 0 Å². The van der Waals surface area contributed by atoms with Crippen LogP contribution in [0.1, 0.15) is 22.3 Å². The second-order valence-electron chi connectivity index (χ2n) is 12.8. The first-order valence-corrected chi connectivity index (χ1v) is 16.4. The number of benzene rings is 9. The van der Waals surface area contributed by atoms with Gasteiger partial charge in [0.05, 0.1) is 5.41 Å². The van der Waals surface area contributed by atoms with E-state index < -0.39 is 5.41 Å². The molecule has 0 heteroatoms. The molecule has 47 heavy (non-hydrogen) atoms. The second-order valence-corrected chi connectivity index (χ2v) is 12.8. The molecule has 0 saturated heterocycles. The molecule has 218 valence electrons. The largest absolute Gasteiger partial charge is 0.0719 e. The van der Waals surface area contributed by atoms with Crippen molar-refractivity contribution in [2.24, 2.45) is 0 Å². The van der Waals surface area contributed by atoms with Gasteiger partial charge < -0.3 is 0 Å². The van der Waals surface area contributed by atoms with Crippen LogP contribution in [0, 0.1) is 0 Å². The summed E-state index contributed by atoms with van der Waals surface area (Å²) in [6.45, 7) is 0. The predicted molar refractivity (Wildman–Crippen MR) is 199 cm³/mol. The summed E-state index contributed by atoms with van der Waals surface area (Å²) in [5.41, 5.74) is 9.99. The summed E-state index contributed by atoms with van der Waals surface area (Å²) in [6, 6.07) is 67.6. The van der Waals surface area contributed by atoms with E-state index in [2.05, 4.69) is 182 Å². The summed E-state index contributed by atoms with van der Waals surface area (Å²) < 4.78 is 0. The zero-order chi connectivity index (χ0) is 31.0. The van der Waals surface area contributed by atoms with Gasteiger partial charge >= 0.3 is 0 Å². The highest BCUT2D eigenvalue weighted by Gasteiger charge is 2.46. The Morgan fingerprint density at radius 3 is 1.43 bits per heavy atom. The van der Waals surface area contributed by atoms with Crippen LogP contribution in [0.3, 0.4) is 0 Å². The molecule has 1 aliphatic carbocycles. The monoisotopic (exact) mass is 594 g/mol. The van der Waals surface area contributed by atoms with Crippen molar-refractivity contribution in [2.45, 2.75) is 5.41 Å². The molecule has 0 bridgehead atoms. The molecule has 0 heterocycles. The SMILES string of the molecule is c1ccc(C2(c3ccccc3)c3ccccc3-c3ccc4cc(-c5ccc6c7ccccc7c7ccccc7c6c5)ccc4c32)cc1. The Labute approximate surface area is 274 Å². The zero-order valence-electron chi connectivity index (χ0n) is 25.8. The van der Waals surface area contributed by atoms with E-state index in [1.54, 1.807) is 0 Å². The van der Waals surface area contributed by atoms with Crippen LogP contribution >= 0.6 is 0 Å². The summed E-state index contributed by atoms with van der Waals surface area (Å²) in [4.78, 5) is 0. The third-order valence-corrected chi connectivity index (χ3v) is 10.5. The maximum atomic E-state index is 2.40. The Kier molecular flexibility index (Phi) is 5.59. The molecule has 9 aromatic carbocycles. The van der Waals surface area contributed by atoms with Gasteiger partial charge in [-0.3, -0.25) is 0 Å². The molecule has 0 amide bonds. The quantitative estimate of drug-likeness (QED) is 0.179. The summed E-state index contributed by atoms with van der Waals surface area (Å²) in [5.74, 6) is 0. The lowest BCUT2D eigenvalue weighted by Crippen LogP contribution is -2.28. The van der Waals surface area contributed by atoms with Gasteiger partial charge in [0, 0.05) is 0 Å². The number of hydrogen-bond donors (Lipinski definition) is 0. The maximum Gasteiger partial charge on any atom is 0.0719 e. The summed E-state index contributed by atoms with van der Waals surface area (Å²) in [5, 5.41) is 10.4. The number of fused-ring (bicyclic) bond motifs is 11. The van der Waals surface area contributed by atoms with Gasteiger partial charge in [-0.1, -0.05) is 170 Å². The van der Waals surface area contributed by atoms with Gasteiger partial charge in [0.25, 0.3) is 0 Å². The van der Waals surface area contributed by atoms with Gasteiger partial charge in [-0.2, -0.15) is 0 Å². The van der Waals surface area contributed by atoms with Crippen molar-refractivity contribution in [2.75, 3.05) is 0 Å². The van der Waals surface area contributed by atoms with E-state index in [4.69, 9.17) is 0 Å². The Balaban J connectivity index is 1.24. The molecule has 0 fully saturated rings. The topological polar surface area (TPSA) is 0 Å². The molecule has 0 saturated carbocycles. The Bertz CT molecular complexity index is 2590. The minimum atomic E-state index is -0.418. The van der Waals surface area contributed by atoms with Crippen molar-refractivity contribution in [3.05, 3.63) is 204 Å². The highest BCUT2D eigenvalue weighted by atomic mass is 14.5. The lowest BCUT2D eigenvalue weighted by molar-refractivity contribution is 0.775. The molecule has 0 aliphatic heterocycles. The first kappa shape index (κ1) is 26.3. The molecule has 10 rings (SSSR count). The molecule has 0 atom stereocenters. The average Bonchev–Trinajstić information content (AvgIpc) is 3.47. The van der Waals surface area contributed by atoms with Gasteiger partial charge in [-0.05, 0) is 99.7 Å². The molecule has 0 aromatic heterocycles. The average molecular weight is 595 g/mol. The molecule has 0 radical (unpaired) electrons. The van der Waals surface area contributed by atoms with E-state index in [1.165, 1.54) is 87.6 Å². The number of rotatable bonds is 3. The van der Waals surface area contributed by atoms with Crippen molar-refractivity contribution in [3.63, 3.8) is 0 Å². The van der Waals surface area contributed by atoms with E-state index in [9.17, 15) is 0 Å². The van der Waals surface area contributed by atoms with Crippen LogP contribution in [0.5, 0.6) is 0 Å². The minimum Gasteiger partial charge on any atom is -0.0622 e. The maximum absolute atomic E-state index is 2.40. The molecule has 0 unspecified atom stereocenters. The zero-order valence-corrected chi connectivity index (χ0v) is 25.8. The molecule has 0 N–H and O–H groups in total. The van der Waals surface area contributed by atoms with Crippen LogP contribution in [-0.2, 0) is 5.41 Å². The van der Waals surface area contributed by atoms with E-state index in [0.29, 0.717) is 0 Å². The molecule has 0 nitrogen and oxygen atoms in total. The Morgan fingerprint density at radius 1 is 0.298 bits per heavy atom. The van der Waals surface area contributed by atoms with Gasteiger partial charge in [-0.15, -0.1) is 0 Å². The fourth-order valence-corrected chi connectivity index (χ4v) is 8.55. The van der Waals surface area contributed by atoms with Crippen molar-refractivity contribution < 1.29 is 0 Å². The third-order valence-electron chi connectivity index (χ3n) is 10.5. The Morgan fingerprint density at radius 2 is 0.787 bits per heavy atom. The smallest absolute Gasteiger partial charge is 0.0622 e. The molecular formula is C47H30. The minimum absolute atomic E-state index is 0.418. The lowest BCUT2D eigenvalue weighted by Gasteiger charge is -2.34. The van der Waals surface area contributed by atoms with Gasteiger partial charge in [0.1, 0.15) is 0 Å². The lowest BCUT2D eigenvalue weighted by atomic mass is 9.66. The first-order chi connectivity index (χ1) is 23.3. The van der Waals surface area contributed by atoms with Crippen molar-refractivity contribution >= 4 is 43.1 Å². The Hall–Kier alpha value is -5.98. The molecule has 0 spiro atoms. The third kappa shape index (κ3) is 3.64. The molecule has 9 aromatic rings. The van der Waals surface area contributed by atoms with Crippen LogP contribution < -0.4 is 0 Å². The first-order valence-electron chi connectivity index (χ1n) is 16.4. The molecule has 1 aliphatic rings. The highest BCUT2D eigenvalue weighted by molar-refractivity contribution is 6.25. The molecular weight excluding hydrogens is 565 g/mol. The van der Waals surface area contributed by atoms with Crippen LogP contribution in [0.2, 0.25) is 0 Å². The van der Waals surface area contributed by atoms with Crippen LogP contribution in [-0.4, -0.2) is 0 Å². The van der Waals surface area contributed by atoms with Crippen LogP contribution in [0.15, 0.2) is 182 Å².